The number of carbonyl (C=O) groups excluding carboxylic acids is 2. The Morgan fingerprint density at radius 3 is 2.31 bits per heavy atom. The second kappa shape index (κ2) is 7.95. The van der Waals surface area contributed by atoms with Crippen LogP contribution in [-0.4, -0.2) is 30.1 Å². The summed E-state index contributed by atoms with van der Waals surface area (Å²) in [6.45, 7) is 0. The molecule has 2 aromatic rings. The van der Waals surface area contributed by atoms with Crippen molar-refractivity contribution in [3.8, 4) is 5.75 Å². The number of hydrogen-bond acceptors (Lipinski definition) is 4. The maximum absolute atomic E-state index is 13.8. The van der Waals surface area contributed by atoms with Crippen molar-refractivity contribution >= 4 is 11.9 Å². The van der Waals surface area contributed by atoms with E-state index in [2.05, 4.69) is 35.6 Å². The molecule has 4 aliphatic carbocycles. The van der Waals surface area contributed by atoms with Crippen molar-refractivity contribution in [2.45, 2.75) is 56.4 Å². The van der Waals surface area contributed by atoms with Gasteiger partial charge in [-0.25, -0.2) is 4.79 Å². The Bertz CT molecular complexity index is 986. The summed E-state index contributed by atoms with van der Waals surface area (Å²) in [5, 5.41) is 12.6. The van der Waals surface area contributed by atoms with Crippen LogP contribution in [0.5, 0.6) is 5.75 Å². The number of ether oxygens (including phenoxy) is 1. The van der Waals surface area contributed by atoms with E-state index in [1.54, 1.807) is 24.3 Å². The highest BCUT2D eigenvalue weighted by Gasteiger charge is 2.61. The van der Waals surface area contributed by atoms with Gasteiger partial charge < -0.3 is 15.2 Å². The molecule has 0 spiro atoms. The van der Waals surface area contributed by atoms with E-state index in [-0.39, 0.29) is 17.1 Å². The standard InChI is InChI=1S/C27H31NO4/c1-32-24(30)23(12-18-7-9-22(29)10-8-18)28-25(31)27-15-19-11-20(16-27)14-26(13-19,17-27)21-5-3-2-4-6-21/h2-10,19-20,23,29H,11-17H2,1H3,(H,28,31). The van der Waals surface area contributed by atoms with Gasteiger partial charge in [0.05, 0.1) is 12.5 Å². The normalized spacial score (nSPS) is 31.2. The number of phenolic OH excluding ortho intramolecular Hbond substituents is 1. The number of benzene rings is 2. The van der Waals surface area contributed by atoms with Gasteiger partial charge >= 0.3 is 5.97 Å². The van der Waals surface area contributed by atoms with Crippen molar-refractivity contribution in [2.24, 2.45) is 17.3 Å². The first-order valence-electron chi connectivity index (χ1n) is 11.6. The van der Waals surface area contributed by atoms with Crippen LogP contribution in [0, 0.1) is 17.3 Å². The third-order valence-electron chi connectivity index (χ3n) is 8.10. The Labute approximate surface area is 189 Å². The summed E-state index contributed by atoms with van der Waals surface area (Å²) in [5.41, 5.74) is 1.88. The van der Waals surface area contributed by atoms with Gasteiger partial charge in [-0.05, 0) is 79.0 Å². The Morgan fingerprint density at radius 1 is 1.03 bits per heavy atom. The lowest BCUT2D eigenvalue weighted by Gasteiger charge is -2.61. The van der Waals surface area contributed by atoms with Crippen LogP contribution in [0.15, 0.2) is 54.6 Å². The van der Waals surface area contributed by atoms with Crippen LogP contribution < -0.4 is 5.32 Å². The van der Waals surface area contributed by atoms with Crippen LogP contribution in [0.1, 0.15) is 49.7 Å². The summed E-state index contributed by atoms with van der Waals surface area (Å²) in [5.74, 6) is 0.869. The molecule has 168 valence electrons. The van der Waals surface area contributed by atoms with E-state index in [1.165, 1.54) is 19.1 Å². The zero-order chi connectivity index (χ0) is 22.3. The predicted molar refractivity (Wildman–Crippen MR) is 121 cm³/mol. The van der Waals surface area contributed by atoms with Crippen molar-refractivity contribution in [2.75, 3.05) is 7.11 Å². The molecule has 3 atom stereocenters. The van der Waals surface area contributed by atoms with Crippen LogP contribution >= 0.6 is 0 Å². The van der Waals surface area contributed by atoms with Gasteiger partial charge in [0.15, 0.2) is 0 Å². The minimum absolute atomic E-state index is 0.00100. The molecule has 2 aromatic carbocycles. The van der Waals surface area contributed by atoms with Crippen LogP contribution in [0.2, 0.25) is 0 Å². The zero-order valence-corrected chi connectivity index (χ0v) is 18.5. The van der Waals surface area contributed by atoms with Crippen LogP contribution in [0.4, 0.5) is 0 Å². The van der Waals surface area contributed by atoms with Gasteiger partial charge in [0.2, 0.25) is 5.91 Å². The van der Waals surface area contributed by atoms with Gasteiger partial charge in [0, 0.05) is 6.42 Å². The van der Waals surface area contributed by atoms with Crippen molar-refractivity contribution in [3.05, 3.63) is 65.7 Å². The molecule has 0 heterocycles. The zero-order valence-electron chi connectivity index (χ0n) is 18.5. The number of nitrogens with one attached hydrogen (secondary N) is 1. The Morgan fingerprint density at radius 2 is 1.69 bits per heavy atom. The third-order valence-corrected chi connectivity index (χ3v) is 8.10. The van der Waals surface area contributed by atoms with Crippen molar-refractivity contribution < 1.29 is 19.4 Å². The average molecular weight is 434 g/mol. The van der Waals surface area contributed by atoms with E-state index in [4.69, 9.17) is 4.74 Å². The first kappa shape index (κ1) is 21.0. The second-order valence-corrected chi connectivity index (χ2v) is 10.3. The van der Waals surface area contributed by atoms with Gasteiger partial charge in [-0.2, -0.15) is 0 Å². The Balaban J connectivity index is 1.40. The molecule has 0 saturated heterocycles. The monoisotopic (exact) mass is 433 g/mol. The molecule has 0 aliphatic heterocycles. The first-order chi connectivity index (χ1) is 15.4. The molecule has 5 heteroatoms. The van der Waals surface area contributed by atoms with E-state index in [1.807, 2.05) is 0 Å². The molecule has 0 aromatic heterocycles. The van der Waals surface area contributed by atoms with Gasteiger partial charge in [0.1, 0.15) is 11.8 Å². The molecule has 4 aliphatic rings. The number of esters is 1. The summed E-state index contributed by atoms with van der Waals surface area (Å²) >= 11 is 0. The molecule has 6 rings (SSSR count). The molecule has 1 amide bonds. The van der Waals surface area contributed by atoms with Crippen molar-refractivity contribution in [1.82, 2.24) is 5.32 Å². The lowest BCUT2D eigenvalue weighted by molar-refractivity contribution is -0.154. The van der Waals surface area contributed by atoms with Crippen LogP contribution in [0.25, 0.3) is 0 Å². The molecule has 2 N–H and O–H groups in total. The lowest BCUT2D eigenvalue weighted by atomic mass is 9.42. The summed E-state index contributed by atoms with van der Waals surface area (Å²) in [4.78, 5) is 26.3. The molecule has 4 fully saturated rings. The van der Waals surface area contributed by atoms with E-state index in [0.717, 1.165) is 37.7 Å². The molecular formula is C27H31NO4. The highest BCUT2D eigenvalue weighted by molar-refractivity contribution is 5.88. The molecular weight excluding hydrogens is 402 g/mol. The van der Waals surface area contributed by atoms with E-state index in [9.17, 15) is 14.7 Å². The summed E-state index contributed by atoms with van der Waals surface area (Å²) in [6.07, 6.45) is 6.57. The predicted octanol–water partition coefficient (Wildman–Crippen LogP) is 4.13. The largest absolute Gasteiger partial charge is 0.508 e. The van der Waals surface area contributed by atoms with E-state index < -0.39 is 17.4 Å². The van der Waals surface area contributed by atoms with E-state index in [0.29, 0.717) is 18.3 Å². The quantitative estimate of drug-likeness (QED) is 0.672. The number of methoxy groups -OCH3 is 1. The number of aromatic hydroxyl groups is 1. The Kier molecular flexibility index (Phi) is 5.23. The third kappa shape index (κ3) is 3.68. The minimum atomic E-state index is -0.738. The maximum atomic E-state index is 13.8. The second-order valence-electron chi connectivity index (χ2n) is 10.3. The van der Waals surface area contributed by atoms with Gasteiger partial charge in [-0.15, -0.1) is 0 Å². The number of rotatable bonds is 6. The van der Waals surface area contributed by atoms with Gasteiger partial charge in [0.25, 0.3) is 0 Å². The molecule has 32 heavy (non-hydrogen) atoms. The minimum Gasteiger partial charge on any atom is -0.508 e. The summed E-state index contributed by atoms with van der Waals surface area (Å²) < 4.78 is 5.01. The average Bonchev–Trinajstić information content (AvgIpc) is 2.79. The smallest absolute Gasteiger partial charge is 0.328 e. The summed E-state index contributed by atoms with van der Waals surface area (Å²) in [6, 6.07) is 16.7. The fourth-order valence-corrected chi connectivity index (χ4v) is 7.17. The fourth-order valence-electron chi connectivity index (χ4n) is 7.17. The van der Waals surface area contributed by atoms with Crippen molar-refractivity contribution in [1.29, 1.82) is 0 Å². The molecule has 3 unspecified atom stereocenters. The van der Waals surface area contributed by atoms with Crippen LogP contribution in [-0.2, 0) is 26.2 Å². The number of phenols is 1. The molecule has 5 nitrogen and oxygen atoms in total. The number of amides is 1. The summed E-state index contributed by atoms with van der Waals surface area (Å²) in [7, 11) is 1.35. The highest BCUT2D eigenvalue weighted by Crippen LogP contribution is 2.65. The lowest BCUT2D eigenvalue weighted by Crippen LogP contribution is -2.60. The molecule has 4 saturated carbocycles. The van der Waals surface area contributed by atoms with Gasteiger partial charge in [-0.3, -0.25) is 4.79 Å². The Hall–Kier alpha value is -2.82. The molecule has 0 radical (unpaired) electrons. The fraction of sp³-hybridized carbons (Fsp3) is 0.481. The number of carbonyl (C=O) groups is 2. The maximum Gasteiger partial charge on any atom is 0.328 e. The topological polar surface area (TPSA) is 75.6 Å². The SMILES string of the molecule is COC(=O)C(Cc1ccc(O)cc1)NC(=O)C12CC3CC(C1)CC(c1ccccc1)(C3)C2. The van der Waals surface area contributed by atoms with E-state index >= 15 is 0 Å². The van der Waals surface area contributed by atoms with Gasteiger partial charge in [-0.1, -0.05) is 42.5 Å². The number of hydrogen-bond donors (Lipinski definition) is 2. The van der Waals surface area contributed by atoms with Crippen LogP contribution in [0.3, 0.4) is 0 Å². The first-order valence-corrected chi connectivity index (χ1v) is 11.6. The van der Waals surface area contributed by atoms with Crippen molar-refractivity contribution in [3.63, 3.8) is 0 Å². The highest BCUT2D eigenvalue weighted by atomic mass is 16.5. The molecule has 4 bridgehead atoms.